The van der Waals surface area contributed by atoms with Crippen molar-refractivity contribution < 1.29 is 14.6 Å². The minimum atomic E-state index is -0.595. The van der Waals surface area contributed by atoms with Gasteiger partial charge in [0, 0.05) is 24.8 Å². The van der Waals surface area contributed by atoms with Gasteiger partial charge in [-0.1, -0.05) is 25.5 Å². The van der Waals surface area contributed by atoms with Crippen LogP contribution < -0.4 is 10.1 Å². The molecule has 1 aromatic carbocycles. The average Bonchev–Trinajstić information content (AvgIpc) is 2.46. The minimum absolute atomic E-state index is 0.232. The van der Waals surface area contributed by atoms with Crippen molar-refractivity contribution in [3.63, 3.8) is 0 Å². The molecule has 0 aliphatic rings. The first-order chi connectivity index (χ1) is 9.99. The lowest BCUT2D eigenvalue weighted by atomic mass is 10.0. The molecule has 2 N–H and O–H groups in total. The fourth-order valence-corrected chi connectivity index (χ4v) is 2.22. The van der Waals surface area contributed by atoms with Gasteiger partial charge in [0.1, 0.15) is 5.75 Å². The van der Waals surface area contributed by atoms with E-state index in [-0.39, 0.29) is 6.04 Å². The van der Waals surface area contributed by atoms with Crippen LogP contribution in [0, 0.1) is 12.8 Å². The lowest BCUT2D eigenvalue weighted by Gasteiger charge is -2.24. The van der Waals surface area contributed by atoms with Crippen LogP contribution in [0.2, 0.25) is 0 Å². The van der Waals surface area contributed by atoms with Crippen LogP contribution in [-0.2, 0) is 4.74 Å². The Kier molecular flexibility index (Phi) is 7.72. The molecule has 0 aliphatic carbocycles. The summed E-state index contributed by atoms with van der Waals surface area (Å²) in [5.74, 6) is 1.17. The molecule has 4 heteroatoms. The topological polar surface area (TPSA) is 50.7 Å². The first kappa shape index (κ1) is 18.0. The van der Waals surface area contributed by atoms with Gasteiger partial charge in [-0.15, -0.1) is 0 Å². The molecule has 0 saturated carbocycles. The number of rotatable bonds is 9. The van der Waals surface area contributed by atoms with E-state index in [9.17, 15) is 5.11 Å². The summed E-state index contributed by atoms with van der Waals surface area (Å²) in [6.07, 6.45) is -0.595. The fourth-order valence-electron chi connectivity index (χ4n) is 2.22. The molecule has 1 aromatic rings. The number of aliphatic hydroxyl groups is 1. The molecule has 21 heavy (non-hydrogen) atoms. The number of hydrogen-bond acceptors (Lipinski definition) is 4. The Morgan fingerprint density at radius 1 is 1.29 bits per heavy atom. The van der Waals surface area contributed by atoms with Gasteiger partial charge in [-0.05, 0) is 31.9 Å². The van der Waals surface area contributed by atoms with E-state index in [0.717, 1.165) is 16.9 Å². The van der Waals surface area contributed by atoms with Crippen LogP contribution in [0.4, 0.5) is 0 Å². The van der Waals surface area contributed by atoms with Gasteiger partial charge in [0.2, 0.25) is 0 Å². The molecule has 0 bridgehead atoms. The molecule has 0 fully saturated rings. The summed E-state index contributed by atoms with van der Waals surface area (Å²) < 4.78 is 10.8. The summed E-state index contributed by atoms with van der Waals surface area (Å²) in [4.78, 5) is 0. The summed E-state index contributed by atoms with van der Waals surface area (Å²) >= 11 is 0. The molecule has 2 atom stereocenters. The number of hydrogen-bond donors (Lipinski definition) is 2. The van der Waals surface area contributed by atoms with E-state index in [0.29, 0.717) is 25.7 Å². The largest absolute Gasteiger partial charge is 0.496 e. The van der Waals surface area contributed by atoms with E-state index in [2.05, 4.69) is 19.2 Å². The Bertz CT molecular complexity index is 420. The third-order valence-electron chi connectivity index (χ3n) is 3.62. The van der Waals surface area contributed by atoms with E-state index in [4.69, 9.17) is 9.47 Å². The molecule has 1 rings (SSSR count). The third-order valence-corrected chi connectivity index (χ3v) is 3.62. The standard InChI is InChI=1S/C17H29NO3/c1-6-21-11-15(12(2)3)18-10-16(19)14-9-13(4)7-8-17(14)20-5/h7-9,12,15-16,18-19H,6,10-11H2,1-5H3. The predicted molar refractivity (Wildman–Crippen MR) is 85.8 cm³/mol. The zero-order chi connectivity index (χ0) is 15.8. The zero-order valence-electron chi connectivity index (χ0n) is 13.8. The van der Waals surface area contributed by atoms with Crippen LogP contribution >= 0.6 is 0 Å². The molecule has 0 aliphatic heterocycles. The van der Waals surface area contributed by atoms with Crippen LogP contribution in [0.15, 0.2) is 18.2 Å². The van der Waals surface area contributed by atoms with Gasteiger partial charge >= 0.3 is 0 Å². The molecule has 0 radical (unpaired) electrons. The molecule has 120 valence electrons. The Morgan fingerprint density at radius 2 is 2.00 bits per heavy atom. The van der Waals surface area contributed by atoms with E-state index < -0.39 is 6.10 Å². The van der Waals surface area contributed by atoms with Crippen LogP contribution in [0.25, 0.3) is 0 Å². The molecule has 0 spiro atoms. The fraction of sp³-hybridized carbons (Fsp3) is 0.647. The molecule has 0 aromatic heterocycles. The first-order valence-electron chi connectivity index (χ1n) is 7.63. The highest BCUT2D eigenvalue weighted by molar-refractivity contribution is 5.38. The summed E-state index contributed by atoms with van der Waals surface area (Å²) in [7, 11) is 1.63. The van der Waals surface area contributed by atoms with Crippen LogP contribution in [-0.4, -0.2) is 38.0 Å². The smallest absolute Gasteiger partial charge is 0.124 e. The Morgan fingerprint density at radius 3 is 2.57 bits per heavy atom. The second kappa shape index (κ2) is 9.03. The van der Waals surface area contributed by atoms with E-state index in [1.54, 1.807) is 7.11 Å². The van der Waals surface area contributed by atoms with Gasteiger partial charge in [0.05, 0.1) is 19.8 Å². The normalized spacial score (nSPS) is 14.2. The molecular weight excluding hydrogens is 266 g/mol. The molecule has 0 heterocycles. The molecule has 4 nitrogen and oxygen atoms in total. The quantitative estimate of drug-likeness (QED) is 0.735. The first-order valence-corrected chi connectivity index (χ1v) is 7.63. The summed E-state index contributed by atoms with van der Waals surface area (Å²) in [5.41, 5.74) is 1.93. The highest BCUT2D eigenvalue weighted by Gasteiger charge is 2.18. The van der Waals surface area contributed by atoms with Crippen LogP contribution in [0.3, 0.4) is 0 Å². The number of aliphatic hydroxyl groups excluding tert-OH is 1. The Balaban J connectivity index is 2.67. The van der Waals surface area contributed by atoms with Crippen molar-refractivity contribution in [1.29, 1.82) is 0 Å². The lowest BCUT2D eigenvalue weighted by Crippen LogP contribution is -2.40. The van der Waals surface area contributed by atoms with Crippen molar-refractivity contribution in [1.82, 2.24) is 5.32 Å². The zero-order valence-corrected chi connectivity index (χ0v) is 13.8. The van der Waals surface area contributed by atoms with Crippen molar-refractivity contribution in [2.75, 3.05) is 26.9 Å². The monoisotopic (exact) mass is 295 g/mol. The number of aryl methyl sites for hydroxylation is 1. The minimum Gasteiger partial charge on any atom is -0.496 e. The van der Waals surface area contributed by atoms with Crippen molar-refractivity contribution in [3.05, 3.63) is 29.3 Å². The Labute approximate surface area is 128 Å². The highest BCUT2D eigenvalue weighted by atomic mass is 16.5. The van der Waals surface area contributed by atoms with Crippen molar-refractivity contribution in [3.8, 4) is 5.75 Å². The van der Waals surface area contributed by atoms with Crippen molar-refractivity contribution >= 4 is 0 Å². The number of methoxy groups -OCH3 is 1. The van der Waals surface area contributed by atoms with Crippen molar-refractivity contribution in [2.24, 2.45) is 5.92 Å². The molecule has 2 unspecified atom stereocenters. The van der Waals surface area contributed by atoms with Gasteiger partial charge in [-0.25, -0.2) is 0 Å². The second-order valence-electron chi connectivity index (χ2n) is 5.68. The number of nitrogens with one attached hydrogen (secondary N) is 1. The summed E-state index contributed by atoms with van der Waals surface area (Å²) in [6, 6.07) is 6.08. The summed E-state index contributed by atoms with van der Waals surface area (Å²) in [6.45, 7) is 10.1. The van der Waals surface area contributed by atoms with Crippen LogP contribution in [0.5, 0.6) is 5.75 Å². The van der Waals surface area contributed by atoms with Gasteiger partial charge in [0.25, 0.3) is 0 Å². The molecule has 0 saturated heterocycles. The van der Waals surface area contributed by atoms with Gasteiger partial charge < -0.3 is 19.9 Å². The maximum absolute atomic E-state index is 10.4. The summed E-state index contributed by atoms with van der Waals surface area (Å²) in [5, 5.41) is 13.8. The van der Waals surface area contributed by atoms with Gasteiger partial charge in [-0.2, -0.15) is 0 Å². The van der Waals surface area contributed by atoms with Gasteiger partial charge in [0.15, 0.2) is 0 Å². The average molecular weight is 295 g/mol. The van der Waals surface area contributed by atoms with E-state index in [1.165, 1.54) is 0 Å². The lowest BCUT2D eigenvalue weighted by molar-refractivity contribution is 0.0965. The highest BCUT2D eigenvalue weighted by Crippen LogP contribution is 2.26. The van der Waals surface area contributed by atoms with Gasteiger partial charge in [-0.3, -0.25) is 0 Å². The number of ether oxygens (including phenoxy) is 2. The van der Waals surface area contributed by atoms with Crippen LogP contribution in [0.1, 0.15) is 38.0 Å². The third kappa shape index (κ3) is 5.65. The van der Waals surface area contributed by atoms with E-state index >= 15 is 0 Å². The predicted octanol–water partition coefficient (Wildman–Crippen LogP) is 2.69. The molecule has 0 amide bonds. The SMILES string of the molecule is CCOCC(NCC(O)c1cc(C)ccc1OC)C(C)C. The maximum atomic E-state index is 10.4. The maximum Gasteiger partial charge on any atom is 0.124 e. The molecular formula is C17H29NO3. The van der Waals surface area contributed by atoms with E-state index in [1.807, 2.05) is 32.0 Å². The number of benzene rings is 1. The van der Waals surface area contributed by atoms with Crippen molar-refractivity contribution in [2.45, 2.75) is 39.8 Å². The second-order valence-corrected chi connectivity index (χ2v) is 5.68. The Hall–Kier alpha value is -1.10.